The van der Waals surface area contributed by atoms with Gasteiger partial charge in [0.25, 0.3) is 5.91 Å². The van der Waals surface area contributed by atoms with Gasteiger partial charge >= 0.3 is 0 Å². The SMILES string of the molecule is Cc1ccc2[nH]cc(CC(C)NC(=O)c3cnn4c3OCC(O)C4)c2c1. The third-order valence-corrected chi connectivity index (χ3v) is 4.66. The van der Waals surface area contributed by atoms with Gasteiger partial charge in [-0.25, -0.2) is 4.68 Å². The Labute approximate surface area is 151 Å². The molecule has 2 unspecified atom stereocenters. The van der Waals surface area contributed by atoms with E-state index in [0.29, 0.717) is 18.0 Å². The number of aromatic nitrogens is 3. The number of carbonyl (C=O) groups is 1. The lowest BCUT2D eigenvalue weighted by Gasteiger charge is -2.21. The van der Waals surface area contributed by atoms with Gasteiger partial charge in [-0.2, -0.15) is 5.10 Å². The second-order valence-corrected chi connectivity index (χ2v) is 6.95. The first-order chi connectivity index (χ1) is 12.5. The molecular formula is C19H22N4O3. The van der Waals surface area contributed by atoms with E-state index in [1.165, 1.54) is 27.4 Å². The minimum Gasteiger partial charge on any atom is -0.474 e. The fourth-order valence-electron chi connectivity index (χ4n) is 3.38. The van der Waals surface area contributed by atoms with Crippen molar-refractivity contribution in [2.75, 3.05) is 6.61 Å². The maximum absolute atomic E-state index is 12.6. The summed E-state index contributed by atoms with van der Waals surface area (Å²) in [6, 6.07) is 6.26. The van der Waals surface area contributed by atoms with Gasteiger partial charge < -0.3 is 20.1 Å². The van der Waals surface area contributed by atoms with E-state index >= 15 is 0 Å². The zero-order chi connectivity index (χ0) is 18.3. The molecule has 4 rings (SSSR count). The van der Waals surface area contributed by atoms with Crippen molar-refractivity contribution in [1.82, 2.24) is 20.1 Å². The van der Waals surface area contributed by atoms with Crippen molar-refractivity contribution in [3.05, 3.63) is 47.3 Å². The molecule has 3 aromatic rings. The summed E-state index contributed by atoms with van der Waals surface area (Å²) in [5.41, 5.74) is 3.88. The quantitative estimate of drug-likeness (QED) is 0.666. The molecule has 7 nitrogen and oxygen atoms in total. The number of hydrogen-bond acceptors (Lipinski definition) is 4. The Morgan fingerprint density at radius 1 is 1.54 bits per heavy atom. The zero-order valence-corrected chi connectivity index (χ0v) is 14.8. The van der Waals surface area contributed by atoms with Gasteiger partial charge in [-0.15, -0.1) is 0 Å². The lowest BCUT2D eigenvalue weighted by Crippen LogP contribution is -2.35. The molecule has 1 amide bonds. The van der Waals surface area contributed by atoms with Crippen LogP contribution < -0.4 is 10.1 Å². The van der Waals surface area contributed by atoms with Crippen molar-refractivity contribution < 1.29 is 14.6 Å². The summed E-state index contributed by atoms with van der Waals surface area (Å²) in [6.45, 7) is 4.57. The standard InChI is InChI=1S/C19H22N4O3/c1-11-3-4-17-15(5-11)13(7-20-17)6-12(2)22-18(25)16-8-21-23-9-14(24)10-26-19(16)23/h3-5,7-8,12,14,20,24H,6,9-10H2,1-2H3,(H,22,25). The first-order valence-electron chi connectivity index (χ1n) is 8.75. The zero-order valence-electron chi connectivity index (χ0n) is 14.8. The van der Waals surface area contributed by atoms with Gasteiger partial charge in [0, 0.05) is 23.1 Å². The number of carbonyl (C=O) groups excluding carboxylic acids is 1. The van der Waals surface area contributed by atoms with Crippen molar-refractivity contribution in [3.8, 4) is 5.88 Å². The molecule has 7 heteroatoms. The highest BCUT2D eigenvalue weighted by atomic mass is 16.5. The fourth-order valence-corrected chi connectivity index (χ4v) is 3.38. The number of fused-ring (bicyclic) bond motifs is 2. The Hall–Kier alpha value is -2.80. The first-order valence-corrected chi connectivity index (χ1v) is 8.75. The highest BCUT2D eigenvalue weighted by Crippen LogP contribution is 2.23. The predicted molar refractivity (Wildman–Crippen MR) is 97.4 cm³/mol. The third kappa shape index (κ3) is 3.06. The number of rotatable bonds is 4. The van der Waals surface area contributed by atoms with Crippen molar-refractivity contribution >= 4 is 16.8 Å². The smallest absolute Gasteiger partial charge is 0.258 e. The Morgan fingerprint density at radius 2 is 2.38 bits per heavy atom. The Balaban J connectivity index is 1.47. The van der Waals surface area contributed by atoms with Crippen molar-refractivity contribution in [2.45, 2.75) is 39.0 Å². The van der Waals surface area contributed by atoms with Crippen LogP contribution in [-0.2, 0) is 13.0 Å². The topological polar surface area (TPSA) is 92.2 Å². The van der Waals surface area contributed by atoms with E-state index in [1.54, 1.807) is 0 Å². The first kappa shape index (κ1) is 16.7. The Bertz CT molecular complexity index is 959. The number of amides is 1. The average Bonchev–Trinajstić information content (AvgIpc) is 3.18. The normalized spacial score (nSPS) is 17.6. The number of hydrogen-bond donors (Lipinski definition) is 3. The minimum atomic E-state index is -0.595. The number of aliphatic hydroxyl groups excluding tert-OH is 1. The lowest BCUT2D eigenvalue weighted by molar-refractivity contribution is 0.0545. The molecule has 26 heavy (non-hydrogen) atoms. The summed E-state index contributed by atoms with van der Waals surface area (Å²) in [7, 11) is 0. The largest absolute Gasteiger partial charge is 0.474 e. The Kier molecular flexibility index (Phi) is 4.16. The molecule has 0 aliphatic carbocycles. The molecule has 0 fully saturated rings. The summed E-state index contributed by atoms with van der Waals surface area (Å²) in [4.78, 5) is 15.9. The fraction of sp³-hybridized carbons (Fsp3) is 0.368. The van der Waals surface area contributed by atoms with Crippen molar-refractivity contribution in [1.29, 1.82) is 0 Å². The number of aryl methyl sites for hydroxylation is 1. The number of nitrogens with one attached hydrogen (secondary N) is 2. The van der Waals surface area contributed by atoms with Crippen molar-refractivity contribution in [3.63, 3.8) is 0 Å². The van der Waals surface area contributed by atoms with Crippen LogP contribution in [0, 0.1) is 6.92 Å². The van der Waals surface area contributed by atoms with Crippen LogP contribution in [0.2, 0.25) is 0 Å². The van der Waals surface area contributed by atoms with E-state index in [-0.39, 0.29) is 18.6 Å². The van der Waals surface area contributed by atoms with Gasteiger partial charge in [0.15, 0.2) is 0 Å². The van der Waals surface area contributed by atoms with E-state index in [0.717, 1.165) is 11.9 Å². The van der Waals surface area contributed by atoms with Crippen LogP contribution in [0.3, 0.4) is 0 Å². The van der Waals surface area contributed by atoms with Crippen LogP contribution >= 0.6 is 0 Å². The van der Waals surface area contributed by atoms with Crippen LogP contribution in [0.1, 0.15) is 28.4 Å². The highest BCUT2D eigenvalue weighted by molar-refractivity contribution is 5.96. The molecule has 1 aromatic carbocycles. The number of H-pyrrole nitrogens is 1. The molecule has 0 bridgehead atoms. The molecule has 1 aliphatic rings. The number of aliphatic hydroxyl groups is 1. The van der Waals surface area contributed by atoms with Crippen molar-refractivity contribution in [2.24, 2.45) is 0 Å². The van der Waals surface area contributed by atoms with Gasteiger partial charge in [0.2, 0.25) is 5.88 Å². The molecule has 0 spiro atoms. The molecule has 2 aromatic heterocycles. The average molecular weight is 354 g/mol. The van der Waals surface area contributed by atoms with E-state index in [2.05, 4.69) is 40.5 Å². The maximum Gasteiger partial charge on any atom is 0.258 e. The van der Waals surface area contributed by atoms with E-state index in [4.69, 9.17) is 4.74 Å². The predicted octanol–water partition coefficient (Wildman–Crippen LogP) is 1.79. The molecular weight excluding hydrogens is 332 g/mol. The molecule has 136 valence electrons. The molecule has 0 saturated carbocycles. The molecule has 0 radical (unpaired) electrons. The van der Waals surface area contributed by atoms with E-state index in [1.807, 2.05) is 13.1 Å². The minimum absolute atomic E-state index is 0.0493. The second-order valence-electron chi connectivity index (χ2n) is 6.95. The molecule has 2 atom stereocenters. The highest BCUT2D eigenvalue weighted by Gasteiger charge is 2.26. The number of aromatic amines is 1. The number of benzene rings is 1. The van der Waals surface area contributed by atoms with Crippen LogP contribution in [-0.4, -0.2) is 44.5 Å². The molecule has 0 saturated heterocycles. The number of nitrogens with zero attached hydrogens (tertiary/aromatic N) is 2. The van der Waals surface area contributed by atoms with Crippen LogP contribution in [0.5, 0.6) is 5.88 Å². The number of ether oxygens (including phenoxy) is 1. The van der Waals surface area contributed by atoms with Gasteiger partial charge in [0.1, 0.15) is 18.3 Å². The Morgan fingerprint density at radius 3 is 3.23 bits per heavy atom. The van der Waals surface area contributed by atoms with Gasteiger partial charge in [-0.3, -0.25) is 4.79 Å². The maximum atomic E-state index is 12.6. The van der Waals surface area contributed by atoms with Gasteiger partial charge in [0.05, 0.1) is 12.7 Å². The van der Waals surface area contributed by atoms with Crippen LogP contribution in [0.4, 0.5) is 0 Å². The van der Waals surface area contributed by atoms with Gasteiger partial charge in [-0.05, 0) is 38.0 Å². The van der Waals surface area contributed by atoms with Crippen LogP contribution in [0.15, 0.2) is 30.6 Å². The lowest BCUT2D eigenvalue weighted by atomic mass is 10.0. The molecule has 3 heterocycles. The van der Waals surface area contributed by atoms with Gasteiger partial charge in [-0.1, -0.05) is 11.6 Å². The summed E-state index contributed by atoms with van der Waals surface area (Å²) in [6.07, 6.45) is 3.62. The van der Waals surface area contributed by atoms with E-state index in [9.17, 15) is 9.90 Å². The van der Waals surface area contributed by atoms with E-state index < -0.39 is 6.10 Å². The molecule has 1 aliphatic heterocycles. The third-order valence-electron chi connectivity index (χ3n) is 4.66. The summed E-state index contributed by atoms with van der Waals surface area (Å²) >= 11 is 0. The summed E-state index contributed by atoms with van der Waals surface area (Å²) in [5, 5.41) is 17.9. The molecule has 3 N–H and O–H groups in total. The van der Waals surface area contributed by atoms with Crippen LogP contribution in [0.25, 0.3) is 10.9 Å². The summed E-state index contributed by atoms with van der Waals surface area (Å²) < 4.78 is 6.99. The monoisotopic (exact) mass is 354 g/mol. The second kappa shape index (κ2) is 6.49. The summed E-state index contributed by atoms with van der Waals surface area (Å²) in [5.74, 6) is 0.203.